The molecule has 2 rings (SSSR count). The highest BCUT2D eigenvalue weighted by Crippen LogP contribution is 2.21. The van der Waals surface area contributed by atoms with E-state index in [-0.39, 0.29) is 10.4 Å². The molecular weight excluding hydrogens is 261 g/mol. The predicted octanol–water partition coefficient (Wildman–Crippen LogP) is 2.21. The van der Waals surface area contributed by atoms with Crippen LogP contribution in [0.15, 0.2) is 24.5 Å². The topological polar surface area (TPSA) is 54.8 Å². The van der Waals surface area contributed by atoms with Crippen LogP contribution in [-0.4, -0.2) is 27.2 Å². The summed E-state index contributed by atoms with van der Waals surface area (Å²) in [4.78, 5) is 9.90. The van der Waals surface area contributed by atoms with Crippen molar-refractivity contribution in [1.82, 2.24) is 20.2 Å². The first kappa shape index (κ1) is 12.0. The Morgan fingerprint density at radius 1 is 1.29 bits per heavy atom. The molecule has 0 aliphatic heterocycles. The second-order valence-electron chi connectivity index (χ2n) is 3.41. The average Bonchev–Trinajstić information content (AvgIpc) is 2.33. The van der Waals surface area contributed by atoms with Gasteiger partial charge in [0.15, 0.2) is 11.0 Å². The molecule has 0 aliphatic rings. The van der Waals surface area contributed by atoms with Gasteiger partial charge in [0.1, 0.15) is 0 Å². The molecule has 0 aliphatic carbocycles. The maximum atomic E-state index is 5.91. The fourth-order valence-electron chi connectivity index (χ4n) is 1.37. The van der Waals surface area contributed by atoms with Gasteiger partial charge in [0, 0.05) is 26.0 Å². The monoisotopic (exact) mass is 269 g/mol. The molecule has 0 atom stereocenters. The third-order valence-electron chi connectivity index (χ3n) is 2.11. The summed E-state index contributed by atoms with van der Waals surface area (Å²) in [6.45, 7) is 0.614. The first-order valence-electron chi connectivity index (χ1n) is 4.82. The molecule has 2 aromatic heterocycles. The van der Waals surface area contributed by atoms with Crippen LogP contribution >= 0.6 is 23.2 Å². The van der Waals surface area contributed by atoms with Crippen LogP contribution in [0.2, 0.25) is 10.4 Å². The van der Waals surface area contributed by atoms with Gasteiger partial charge in [-0.2, -0.15) is 4.98 Å². The summed E-state index contributed by atoms with van der Waals surface area (Å²) in [6, 6.07) is 3.84. The zero-order chi connectivity index (χ0) is 12.3. The second kappa shape index (κ2) is 5.25. The van der Waals surface area contributed by atoms with Gasteiger partial charge in [-0.25, -0.2) is 0 Å². The molecule has 17 heavy (non-hydrogen) atoms. The summed E-state index contributed by atoms with van der Waals surface area (Å²) in [5.74, 6) is 0.496. The van der Waals surface area contributed by atoms with Crippen LogP contribution in [0.25, 0.3) is 0 Å². The Bertz CT molecular complexity index is 505. The fraction of sp³-hybridized carbons (Fsp3) is 0.200. The lowest BCUT2D eigenvalue weighted by molar-refractivity contribution is 0.859. The maximum Gasteiger partial charge on any atom is 0.245 e. The van der Waals surface area contributed by atoms with E-state index in [1.165, 1.54) is 0 Å². The number of rotatable bonds is 3. The number of halogens is 2. The number of pyridine rings is 1. The Labute approximate surface area is 108 Å². The van der Waals surface area contributed by atoms with Crippen molar-refractivity contribution in [2.24, 2.45) is 0 Å². The van der Waals surface area contributed by atoms with Gasteiger partial charge in [-0.15, -0.1) is 10.2 Å². The lowest BCUT2D eigenvalue weighted by atomic mass is 10.3. The van der Waals surface area contributed by atoms with Gasteiger partial charge in [-0.3, -0.25) is 4.98 Å². The molecule has 0 saturated heterocycles. The minimum Gasteiger partial charge on any atom is -0.353 e. The zero-order valence-electron chi connectivity index (χ0n) is 9.01. The normalized spacial score (nSPS) is 10.3. The number of aromatic nitrogens is 4. The molecule has 7 heteroatoms. The third kappa shape index (κ3) is 3.01. The van der Waals surface area contributed by atoms with E-state index >= 15 is 0 Å². The molecule has 2 aromatic rings. The number of anilines is 1. The van der Waals surface area contributed by atoms with E-state index in [9.17, 15) is 0 Å². The van der Waals surface area contributed by atoms with Gasteiger partial charge in [0.2, 0.25) is 5.28 Å². The van der Waals surface area contributed by atoms with Gasteiger partial charge >= 0.3 is 0 Å². The van der Waals surface area contributed by atoms with Crippen LogP contribution in [0.1, 0.15) is 5.56 Å². The SMILES string of the molecule is CN(Cc1cccnc1)c1nc(Cl)nnc1Cl. The summed E-state index contributed by atoms with van der Waals surface area (Å²) in [5, 5.41) is 7.56. The Hall–Kier alpha value is -1.46. The highest BCUT2D eigenvalue weighted by Gasteiger charge is 2.11. The molecule has 0 radical (unpaired) electrons. The van der Waals surface area contributed by atoms with E-state index in [1.807, 2.05) is 24.1 Å². The van der Waals surface area contributed by atoms with Crippen molar-refractivity contribution >= 4 is 29.0 Å². The largest absolute Gasteiger partial charge is 0.353 e. The van der Waals surface area contributed by atoms with Crippen molar-refractivity contribution in [2.45, 2.75) is 6.54 Å². The van der Waals surface area contributed by atoms with Crippen molar-refractivity contribution < 1.29 is 0 Å². The Kier molecular flexibility index (Phi) is 3.71. The van der Waals surface area contributed by atoms with Crippen molar-refractivity contribution in [3.63, 3.8) is 0 Å². The highest BCUT2D eigenvalue weighted by molar-refractivity contribution is 6.32. The lowest BCUT2D eigenvalue weighted by Crippen LogP contribution is -2.19. The first-order chi connectivity index (χ1) is 8.16. The zero-order valence-corrected chi connectivity index (χ0v) is 10.5. The molecule has 0 aromatic carbocycles. The number of hydrogen-bond donors (Lipinski definition) is 0. The van der Waals surface area contributed by atoms with E-state index in [4.69, 9.17) is 23.2 Å². The van der Waals surface area contributed by atoms with Gasteiger partial charge in [-0.05, 0) is 23.2 Å². The molecule has 0 fully saturated rings. The summed E-state index contributed by atoms with van der Waals surface area (Å²) in [6.07, 6.45) is 3.50. The Morgan fingerprint density at radius 3 is 2.82 bits per heavy atom. The molecule has 5 nitrogen and oxygen atoms in total. The van der Waals surface area contributed by atoms with Crippen LogP contribution in [0, 0.1) is 0 Å². The van der Waals surface area contributed by atoms with E-state index < -0.39 is 0 Å². The van der Waals surface area contributed by atoms with Gasteiger partial charge in [-0.1, -0.05) is 17.7 Å². The molecule has 0 saturated carbocycles. The summed E-state index contributed by atoms with van der Waals surface area (Å²) < 4.78 is 0. The average molecular weight is 270 g/mol. The van der Waals surface area contributed by atoms with Crippen molar-refractivity contribution in [1.29, 1.82) is 0 Å². The van der Waals surface area contributed by atoms with E-state index in [2.05, 4.69) is 20.2 Å². The van der Waals surface area contributed by atoms with Gasteiger partial charge in [0.25, 0.3) is 0 Å². The van der Waals surface area contributed by atoms with E-state index in [0.29, 0.717) is 12.4 Å². The quantitative estimate of drug-likeness (QED) is 0.855. The van der Waals surface area contributed by atoms with Gasteiger partial charge < -0.3 is 4.90 Å². The second-order valence-corrected chi connectivity index (χ2v) is 4.11. The fourth-order valence-corrected chi connectivity index (χ4v) is 1.71. The summed E-state index contributed by atoms with van der Waals surface area (Å²) in [7, 11) is 1.85. The molecular formula is C10H9Cl2N5. The van der Waals surface area contributed by atoms with Crippen molar-refractivity contribution in [3.8, 4) is 0 Å². The Balaban J connectivity index is 2.20. The van der Waals surface area contributed by atoms with Crippen LogP contribution < -0.4 is 4.90 Å². The third-order valence-corrected chi connectivity index (χ3v) is 2.51. The van der Waals surface area contributed by atoms with Crippen molar-refractivity contribution in [2.75, 3.05) is 11.9 Å². The standard InChI is InChI=1S/C10H9Cl2N5/c1-17(6-7-3-2-4-13-5-7)9-8(11)15-16-10(12)14-9/h2-5H,6H2,1H3. The number of hydrogen-bond acceptors (Lipinski definition) is 5. The molecule has 0 spiro atoms. The maximum absolute atomic E-state index is 5.91. The van der Waals surface area contributed by atoms with Crippen LogP contribution in [0.5, 0.6) is 0 Å². The van der Waals surface area contributed by atoms with Crippen LogP contribution in [0.4, 0.5) is 5.82 Å². The van der Waals surface area contributed by atoms with Crippen LogP contribution in [0.3, 0.4) is 0 Å². The van der Waals surface area contributed by atoms with E-state index in [0.717, 1.165) is 5.56 Å². The minimum absolute atomic E-state index is 0.0717. The van der Waals surface area contributed by atoms with E-state index in [1.54, 1.807) is 12.4 Å². The minimum atomic E-state index is 0.0717. The molecule has 0 bridgehead atoms. The lowest BCUT2D eigenvalue weighted by Gasteiger charge is -2.18. The molecule has 0 amide bonds. The molecule has 88 valence electrons. The Morgan fingerprint density at radius 2 is 2.12 bits per heavy atom. The molecule has 2 heterocycles. The van der Waals surface area contributed by atoms with Crippen molar-refractivity contribution in [3.05, 3.63) is 40.5 Å². The molecule has 0 N–H and O–H groups in total. The van der Waals surface area contributed by atoms with Gasteiger partial charge in [0.05, 0.1) is 0 Å². The highest BCUT2D eigenvalue weighted by atomic mass is 35.5. The predicted molar refractivity (Wildman–Crippen MR) is 66.2 cm³/mol. The summed E-state index contributed by atoms with van der Waals surface area (Å²) in [5.41, 5.74) is 1.04. The summed E-state index contributed by atoms with van der Waals surface area (Å²) >= 11 is 11.6. The van der Waals surface area contributed by atoms with Crippen LogP contribution in [-0.2, 0) is 6.54 Å². The smallest absolute Gasteiger partial charge is 0.245 e. The number of nitrogens with zero attached hydrogens (tertiary/aromatic N) is 5. The first-order valence-corrected chi connectivity index (χ1v) is 5.58. The molecule has 0 unspecified atom stereocenters.